The van der Waals surface area contributed by atoms with Crippen LogP contribution in [0.1, 0.15) is 5.56 Å². The molecule has 19 heavy (non-hydrogen) atoms. The van der Waals surface area contributed by atoms with E-state index in [0.29, 0.717) is 10.6 Å². The minimum absolute atomic E-state index is 0.00998. The van der Waals surface area contributed by atoms with E-state index >= 15 is 0 Å². The van der Waals surface area contributed by atoms with E-state index in [2.05, 4.69) is 15.9 Å². The van der Waals surface area contributed by atoms with Gasteiger partial charge in [-0.25, -0.2) is 0 Å². The Morgan fingerprint density at radius 2 is 2.11 bits per heavy atom. The van der Waals surface area contributed by atoms with E-state index in [4.69, 9.17) is 21.4 Å². The van der Waals surface area contributed by atoms with Gasteiger partial charge in [0.1, 0.15) is 11.7 Å². The Labute approximate surface area is 119 Å². The van der Waals surface area contributed by atoms with Crippen LogP contribution in [0.15, 0.2) is 16.6 Å². The van der Waals surface area contributed by atoms with Crippen LogP contribution in [0.4, 0.5) is 13.2 Å². The second-order valence-electron chi connectivity index (χ2n) is 4.10. The number of hydrogen-bond donors (Lipinski definition) is 1. The van der Waals surface area contributed by atoms with Gasteiger partial charge in [-0.3, -0.25) is 4.79 Å². The molecule has 2 atom stereocenters. The summed E-state index contributed by atoms with van der Waals surface area (Å²) >= 11 is 8.84. The number of aliphatic carboxylic acids is 1. The third-order valence-electron chi connectivity index (χ3n) is 2.78. The number of halogens is 5. The van der Waals surface area contributed by atoms with Gasteiger partial charge in [0.2, 0.25) is 6.10 Å². The number of hydrogen-bond acceptors (Lipinski definition) is 2. The molecule has 1 heterocycles. The Bertz CT molecular complexity index is 533. The van der Waals surface area contributed by atoms with Crippen LogP contribution in [-0.2, 0) is 11.2 Å². The van der Waals surface area contributed by atoms with E-state index < -0.39 is 24.2 Å². The number of carboxylic acids is 1. The van der Waals surface area contributed by atoms with Crippen molar-refractivity contribution in [3.63, 3.8) is 0 Å². The molecule has 8 heteroatoms. The molecule has 0 saturated heterocycles. The van der Waals surface area contributed by atoms with E-state index in [1.54, 1.807) is 0 Å². The van der Waals surface area contributed by atoms with Gasteiger partial charge < -0.3 is 9.84 Å². The first-order valence-electron chi connectivity index (χ1n) is 5.14. The van der Waals surface area contributed by atoms with Gasteiger partial charge in [0.05, 0.1) is 4.47 Å². The Hall–Kier alpha value is -0.950. The predicted molar refractivity (Wildman–Crippen MR) is 64.5 cm³/mol. The number of fused-ring (bicyclic) bond motifs is 1. The number of ether oxygens (including phenoxy) is 1. The van der Waals surface area contributed by atoms with Crippen molar-refractivity contribution in [1.29, 1.82) is 0 Å². The number of alkyl halides is 3. The lowest BCUT2D eigenvalue weighted by Crippen LogP contribution is -2.47. The zero-order chi connectivity index (χ0) is 14.4. The van der Waals surface area contributed by atoms with Crippen LogP contribution in [0, 0.1) is 5.92 Å². The highest BCUT2D eigenvalue weighted by molar-refractivity contribution is 9.10. The highest BCUT2D eigenvalue weighted by Gasteiger charge is 2.52. The lowest BCUT2D eigenvalue weighted by molar-refractivity contribution is -0.217. The van der Waals surface area contributed by atoms with Crippen LogP contribution in [-0.4, -0.2) is 23.4 Å². The fourth-order valence-corrected chi connectivity index (χ4v) is 2.93. The molecule has 1 aliphatic rings. The second kappa shape index (κ2) is 4.86. The van der Waals surface area contributed by atoms with Gasteiger partial charge in [-0.1, -0.05) is 11.6 Å². The molecule has 0 spiro atoms. The molecule has 0 amide bonds. The topological polar surface area (TPSA) is 46.5 Å². The number of benzene rings is 1. The summed E-state index contributed by atoms with van der Waals surface area (Å²) in [4.78, 5) is 11.0. The molecule has 2 unspecified atom stereocenters. The number of rotatable bonds is 1. The summed E-state index contributed by atoms with van der Waals surface area (Å²) < 4.78 is 43.6. The fourth-order valence-electron chi connectivity index (χ4n) is 1.96. The molecular formula is C11H7BrClF3O3. The Kier molecular flexibility index (Phi) is 3.70. The summed E-state index contributed by atoms with van der Waals surface area (Å²) in [5.41, 5.74) is 0.340. The third kappa shape index (κ3) is 2.81. The molecule has 0 saturated carbocycles. The summed E-state index contributed by atoms with van der Waals surface area (Å²) in [6.07, 6.45) is -7.40. The van der Waals surface area contributed by atoms with Crippen LogP contribution in [0.25, 0.3) is 0 Å². The molecule has 104 valence electrons. The third-order valence-corrected chi connectivity index (χ3v) is 3.58. The largest absolute Gasteiger partial charge is 0.481 e. The van der Waals surface area contributed by atoms with Gasteiger partial charge in [-0.05, 0) is 40.0 Å². The maximum absolute atomic E-state index is 12.8. The molecule has 3 nitrogen and oxygen atoms in total. The smallest absolute Gasteiger partial charge is 0.426 e. The molecule has 1 aromatic rings. The van der Waals surface area contributed by atoms with E-state index in [9.17, 15) is 18.0 Å². The molecular weight excluding hydrogens is 352 g/mol. The molecule has 0 aromatic heterocycles. The van der Waals surface area contributed by atoms with Gasteiger partial charge >= 0.3 is 12.1 Å². The zero-order valence-electron chi connectivity index (χ0n) is 9.17. The Morgan fingerprint density at radius 1 is 1.47 bits per heavy atom. The van der Waals surface area contributed by atoms with Gasteiger partial charge in [-0.2, -0.15) is 13.2 Å². The summed E-state index contributed by atoms with van der Waals surface area (Å²) in [5.74, 6) is -3.24. The van der Waals surface area contributed by atoms with E-state index in [-0.39, 0.29) is 16.6 Å². The SMILES string of the molecule is O=C(O)C1Cc2cc(Cl)cc(Br)c2OC1C(F)(F)F. The fraction of sp³-hybridized carbons (Fsp3) is 0.364. The summed E-state index contributed by atoms with van der Waals surface area (Å²) in [7, 11) is 0. The lowest BCUT2D eigenvalue weighted by Gasteiger charge is -2.33. The maximum atomic E-state index is 12.8. The minimum atomic E-state index is -4.75. The molecule has 0 radical (unpaired) electrons. The quantitative estimate of drug-likeness (QED) is 0.832. The van der Waals surface area contributed by atoms with E-state index in [0.717, 1.165) is 0 Å². The molecule has 1 aliphatic heterocycles. The second-order valence-corrected chi connectivity index (χ2v) is 5.40. The minimum Gasteiger partial charge on any atom is -0.481 e. The molecule has 0 bridgehead atoms. The summed E-state index contributed by atoms with van der Waals surface area (Å²) in [6, 6.07) is 2.80. The molecule has 2 rings (SSSR count). The Balaban J connectivity index is 2.48. The molecule has 1 N–H and O–H groups in total. The van der Waals surface area contributed by atoms with Crippen molar-refractivity contribution >= 4 is 33.5 Å². The van der Waals surface area contributed by atoms with Crippen molar-refractivity contribution in [3.05, 3.63) is 27.2 Å². The average Bonchev–Trinajstić information content (AvgIpc) is 2.25. The predicted octanol–water partition coefficient (Wildman–Crippen LogP) is 3.67. The van der Waals surface area contributed by atoms with Gasteiger partial charge in [-0.15, -0.1) is 0 Å². The van der Waals surface area contributed by atoms with Crippen molar-refractivity contribution in [2.45, 2.75) is 18.7 Å². The van der Waals surface area contributed by atoms with Crippen LogP contribution >= 0.6 is 27.5 Å². The van der Waals surface area contributed by atoms with E-state index in [1.165, 1.54) is 12.1 Å². The van der Waals surface area contributed by atoms with Gasteiger partial charge in [0, 0.05) is 5.02 Å². The van der Waals surface area contributed by atoms with Crippen LogP contribution < -0.4 is 4.74 Å². The van der Waals surface area contributed by atoms with Gasteiger partial charge in [0.15, 0.2) is 0 Å². The first kappa shape index (κ1) is 14.5. The normalized spacial score (nSPS) is 22.6. The first-order valence-corrected chi connectivity index (χ1v) is 6.31. The van der Waals surface area contributed by atoms with Crippen molar-refractivity contribution < 1.29 is 27.8 Å². The highest BCUT2D eigenvalue weighted by Crippen LogP contribution is 2.43. The number of carbonyl (C=O) groups is 1. The summed E-state index contributed by atoms with van der Waals surface area (Å²) in [5, 5.41) is 9.21. The monoisotopic (exact) mass is 358 g/mol. The van der Waals surface area contributed by atoms with Gasteiger partial charge in [0.25, 0.3) is 0 Å². The number of carboxylic acid groups (broad SMARTS) is 1. The van der Waals surface area contributed by atoms with Crippen molar-refractivity contribution in [3.8, 4) is 5.75 Å². The van der Waals surface area contributed by atoms with E-state index in [1.807, 2.05) is 0 Å². The molecule has 0 aliphatic carbocycles. The Morgan fingerprint density at radius 3 is 2.63 bits per heavy atom. The van der Waals surface area contributed by atoms with Crippen LogP contribution in [0.5, 0.6) is 5.75 Å². The van der Waals surface area contributed by atoms with Crippen LogP contribution in [0.3, 0.4) is 0 Å². The standard InChI is InChI=1S/C11H7BrClF3O3/c12-7-3-5(13)1-4-2-6(10(17)18)9(11(14,15)16)19-8(4)7/h1,3,6,9H,2H2,(H,17,18). The first-order chi connectivity index (χ1) is 8.70. The molecule has 1 aromatic carbocycles. The maximum Gasteiger partial charge on any atom is 0.426 e. The molecule has 0 fully saturated rings. The highest BCUT2D eigenvalue weighted by atomic mass is 79.9. The zero-order valence-corrected chi connectivity index (χ0v) is 11.5. The van der Waals surface area contributed by atoms with Crippen LogP contribution in [0.2, 0.25) is 5.02 Å². The van der Waals surface area contributed by atoms with Crippen molar-refractivity contribution in [2.24, 2.45) is 5.92 Å². The van der Waals surface area contributed by atoms with Crippen molar-refractivity contribution in [2.75, 3.05) is 0 Å². The lowest BCUT2D eigenvalue weighted by atomic mass is 9.90. The summed E-state index contributed by atoms with van der Waals surface area (Å²) in [6.45, 7) is 0. The van der Waals surface area contributed by atoms with Crippen molar-refractivity contribution in [1.82, 2.24) is 0 Å². The average molecular weight is 360 g/mol.